The van der Waals surface area contributed by atoms with E-state index in [1.807, 2.05) is 13.8 Å². The molecule has 1 heterocycles. The number of pyridine rings is 1. The first kappa shape index (κ1) is 17.6. The predicted octanol–water partition coefficient (Wildman–Crippen LogP) is 3.98. The molecule has 124 valence electrons. The zero-order valence-corrected chi connectivity index (χ0v) is 15.0. The average Bonchev–Trinajstić information content (AvgIpc) is 2.48. The van der Waals surface area contributed by atoms with Crippen LogP contribution in [0.2, 0.25) is 5.02 Å². The largest absolute Gasteiger partial charge is 0.496 e. The number of benzene rings is 1. The summed E-state index contributed by atoms with van der Waals surface area (Å²) in [4.78, 5) is 4.17. The minimum atomic E-state index is -3.75. The minimum Gasteiger partial charge on any atom is -0.496 e. The Morgan fingerprint density at radius 3 is 2.48 bits per heavy atom. The van der Waals surface area contributed by atoms with Crippen LogP contribution in [0.3, 0.4) is 0 Å². The standard InChI is InChI=1S/C16H19ClN2O3S/c1-10(2)13-8-15(11(3)7-14(13)22-4)23(20,21)19-16-6-5-12(17)9-18-16/h5-10H,1-4H3,(H,18,19). The number of aromatic nitrogens is 1. The molecule has 0 aliphatic carbocycles. The third-order valence-corrected chi connectivity index (χ3v) is 5.13. The van der Waals surface area contributed by atoms with Crippen molar-refractivity contribution in [1.82, 2.24) is 4.98 Å². The summed E-state index contributed by atoms with van der Waals surface area (Å²) in [5, 5.41) is 0.440. The smallest absolute Gasteiger partial charge is 0.263 e. The van der Waals surface area contributed by atoms with Gasteiger partial charge in [0.2, 0.25) is 0 Å². The zero-order valence-electron chi connectivity index (χ0n) is 13.4. The van der Waals surface area contributed by atoms with E-state index in [1.165, 1.54) is 12.3 Å². The molecule has 23 heavy (non-hydrogen) atoms. The van der Waals surface area contributed by atoms with E-state index in [0.717, 1.165) is 5.56 Å². The van der Waals surface area contributed by atoms with Gasteiger partial charge in [0, 0.05) is 6.20 Å². The van der Waals surface area contributed by atoms with Crippen LogP contribution in [0.1, 0.15) is 30.9 Å². The summed E-state index contributed by atoms with van der Waals surface area (Å²) in [5.41, 5.74) is 1.44. The van der Waals surface area contributed by atoms with Crippen LogP contribution < -0.4 is 9.46 Å². The predicted molar refractivity (Wildman–Crippen MR) is 91.9 cm³/mol. The Hall–Kier alpha value is -1.79. The molecule has 0 aliphatic heterocycles. The summed E-state index contributed by atoms with van der Waals surface area (Å²) >= 11 is 5.76. The number of rotatable bonds is 5. The summed E-state index contributed by atoms with van der Waals surface area (Å²) in [6.07, 6.45) is 1.39. The minimum absolute atomic E-state index is 0.133. The van der Waals surface area contributed by atoms with E-state index in [1.54, 1.807) is 32.2 Å². The van der Waals surface area contributed by atoms with Crippen LogP contribution in [0.5, 0.6) is 5.75 Å². The molecule has 0 unspecified atom stereocenters. The van der Waals surface area contributed by atoms with Crippen molar-refractivity contribution in [3.8, 4) is 5.75 Å². The fourth-order valence-electron chi connectivity index (χ4n) is 2.22. The quantitative estimate of drug-likeness (QED) is 0.881. The van der Waals surface area contributed by atoms with Gasteiger partial charge < -0.3 is 4.74 Å². The van der Waals surface area contributed by atoms with Crippen molar-refractivity contribution in [2.24, 2.45) is 0 Å². The molecule has 1 N–H and O–H groups in total. The highest BCUT2D eigenvalue weighted by molar-refractivity contribution is 7.92. The van der Waals surface area contributed by atoms with Gasteiger partial charge in [-0.1, -0.05) is 25.4 Å². The van der Waals surface area contributed by atoms with E-state index in [9.17, 15) is 8.42 Å². The Balaban J connectivity index is 2.46. The van der Waals surface area contributed by atoms with Gasteiger partial charge in [-0.25, -0.2) is 13.4 Å². The molecular formula is C16H19ClN2O3S. The summed E-state index contributed by atoms with van der Waals surface area (Å²) in [6, 6.07) is 6.48. The second kappa shape index (κ2) is 6.76. The highest BCUT2D eigenvalue weighted by Crippen LogP contribution is 2.32. The van der Waals surface area contributed by atoms with Gasteiger partial charge in [-0.15, -0.1) is 0 Å². The van der Waals surface area contributed by atoms with Crippen LogP contribution in [-0.2, 0) is 10.0 Å². The van der Waals surface area contributed by atoms with E-state index < -0.39 is 10.0 Å². The van der Waals surface area contributed by atoms with Crippen molar-refractivity contribution >= 4 is 27.4 Å². The van der Waals surface area contributed by atoms with Gasteiger partial charge >= 0.3 is 0 Å². The van der Waals surface area contributed by atoms with E-state index in [-0.39, 0.29) is 16.6 Å². The monoisotopic (exact) mass is 354 g/mol. The van der Waals surface area contributed by atoms with Crippen LogP contribution in [0.4, 0.5) is 5.82 Å². The lowest BCUT2D eigenvalue weighted by atomic mass is 10.0. The molecule has 0 spiro atoms. The van der Waals surface area contributed by atoms with Gasteiger partial charge in [0.05, 0.1) is 17.0 Å². The van der Waals surface area contributed by atoms with Crippen molar-refractivity contribution in [3.63, 3.8) is 0 Å². The molecule has 1 aromatic carbocycles. The number of halogens is 1. The fraction of sp³-hybridized carbons (Fsp3) is 0.312. The lowest BCUT2D eigenvalue weighted by molar-refractivity contribution is 0.406. The van der Waals surface area contributed by atoms with E-state index in [4.69, 9.17) is 16.3 Å². The number of hydrogen-bond donors (Lipinski definition) is 1. The Morgan fingerprint density at radius 2 is 1.96 bits per heavy atom. The summed E-state index contributed by atoms with van der Waals surface area (Å²) in [5.74, 6) is 1.03. The number of anilines is 1. The molecule has 0 saturated carbocycles. The van der Waals surface area contributed by atoms with Crippen LogP contribution in [0.15, 0.2) is 35.4 Å². The number of aryl methyl sites for hydroxylation is 1. The molecule has 1 aromatic heterocycles. The van der Waals surface area contributed by atoms with Gasteiger partial charge in [-0.3, -0.25) is 4.72 Å². The van der Waals surface area contributed by atoms with E-state index in [0.29, 0.717) is 16.3 Å². The molecule has 0 atom stereocenters. The van der Waals surface area contributed by atoms with Crippen molar-refractivity contribution < 1.29 is 13.2 Å². The second-order valence-corrected chi connectivity index (χ2v) is 7.57. The maximum Gasteiger partial charge on any atom is 0.263 e. The SMILES string of the molecule is COc1cc(C)c(S(=O)(=O)Nc2ccc(Cl)cn2)cc1C(C)C. The van der Waals surface area contributed by atoms with Gasteiger partial charge in [-0.05, 0) is 48.2 Å². The number of sulfonamides is 1. The normalized spacial score (nSPS) is 11.6. The first-order chi connectivity index (χ1) is 10.7. The average molecular weight is 355 g/mol. The van der Waals surface area contributed by atoms with Crippen LogP contribution in [0, 0.1) is 6.92 Å². The highest BCUT2D eigenvalue weighted by Gasteiger charge is 2.21. The summed E-state index contributed by atoms with van der Waals surface area (Å²) in [6.45, 7) is 5.70. The molecule has 0 amide bonds. The molecule has 0 fully saturated rings. The third-order valence-electron chi connectivity index (χ3n) is 3.41. The van der Waals surface area contributed by atoms with Gasteiger partial charge in [0.15, 0.2) is 0 Å². The Bertz CT molecular complexity index is 803. The van der Waals surface area contributed by atoms with E-state index >= 15 is 0 Å². The Labute approximate surface area is 141 Å². The number of nitrogens with zero attached hydrogens (tertiary/aromatic N) is 1. The van der Waals surface area contributed by atoms with Gasteiger partial charge in [0.25, 0.3) is 10.0 Å². The van der Waals surface area contributed by atoms with E-state index in [2.05, 4.69) is 9.71 Å². The maximum absolute atomic E-state index is 12.7. The first-order valence-electron chi connectivity index (χ1n) is 7.07. The zero-order chi connectivity index (χ0) is 17.2. The Kier molecular flexibility index (Phi) is 5.16. The van der Waals surface area contributed by atoms with Crippen molar-refractivity contribution in [2.75, 3.05) is 11.8 Å². The molecule has 0 aliphatic rings. The van der Waals surface area contributed by atoms with Gasteiger partial charge in [0.1, 0.15) is 11.6 Å². The van der Waals surface area contributed by atoms with Gasteiger partial charge in [-0.2, -0.15) is 0 Å². The summed E-state index contributed by atoms with van der Waals surface area (Å²) in [7, 11) is -2.17. The number of methoxy groups -OCH3 is 1. The van der Waals surface area contributed by atoms with Crippen LogP contribution >= 0.6 is 11.6 Å². The molecule has 2 aromatic rings. The fourth-order valence-corrected chi connectivity index (χ4v) is 3.61. The van der Waals surface area contributed by atoms with Crippen molar-refractivity contribution in [1.29, 1.82) is 0 Å². The molecule has 7 heteroatoms. The van der Waals surface area contributed by atoms with Crippen LogP contribution in [0.25, 0.3) is 0 Å². The first-order valence-corrected chi connectivity index (χ1v) is 8.93. The molecule has 0 saturated heterocycles. The summed E-state index contributed by atoms with van der Waals surface area (Å²) < 4.78 is 33.1. The third kappa shape index (κ3) is 3.95. The molecule has 2 rings (SSSR count). The Morgan fingerprint density at radius 1 is 1.26 bits per heavy atom. The van der Waals surface area contributed by atoms with Crippen LogP contribution in [-0.4, -0.2) is 20.5 Å². The lowest BCUT2D eigenvalue weighted by Gasteiger charge is -2.16. The molecule has 5 nitrogen and oxygen atoms in total. The lowest BCUT2D eigenvalue weighted by Crippen LogP contribution is -2.16. The number of nitrogens with one attached hydrogen (secondary N) is 1. The highest BCUT2D eigenvalue weighted by atomic mass is 35.5. The maximum atomic E-state index is 12.7. The molecule has 0 radical (unpaired) electrons. The van der Waals surface area contributed by atoms with Crippen molar-refractivity contribution in [2.45, 2.75) is 31.6 Å². The van der Waals surface area contributed by atoms with Crippen molar-refractivity contribution in [3.05, 3.63) is 46.6 Å². The molecule has 0 bridgehead atoms. The number of hydrogen-bond acceptors (Lipinski definition) is 4. The second-order valence-electron chi connectivity index (χ2n) is 5.48. The number of ether oxygens (including phenoxy) is 1. The topological polar surface area (TPSA) is 68.3 Å². The molecular weight excluding hydrogens is 336 g/mol.